The van der Waals surface area contributed by atoms with Gasteiger partial charge in [-0.25, -0.2) is 0 Å². The summed E-state index contributed by atoms with van der Waals surface area (Å²) in [5.74, 6) is -0.608. The number of nitrogens with one attached hydrogen (secondary N) is 1. The quantitative estimate of drug-likeness (QED) is 0.576. The van der Waals surface area contributed by atoms with Gasteiger partial charge in [-0.3, -0.25) is 29.4 Å². The molecule has 2 fully saturated rings. The van der Waals surface area contributed by atoms with Crippen molar-refractivity contribution in [3.05, 3.63) is 34.9 Å². The lowest BCUT2D eigenvalue weighted by molar-refractivity contribution is -0.144. The summed E-state index contributed by atoms with van der Waals surface area (Å²) in [5, 5.41) is 2.33. The van der Waals surface area contributed by atoms with Crippen molar-refractivity contribution in [2.45, 2.75) is 51.1 Å². The van der Waals surface area contributed by atoms with Crippen LogP contribution in [-0.4, -0.2) is 65.8 Å². The van der Waals surface area contributed by atoms with E-state index in [2.05, 4.69) is 16.3 Å². The summed E-state index contributed by atoms with van der Waals surface area (Å²) in [6, 6.07) is 5.38. The number of amides is 3. The molecule has 0 aromatic heterocycles. The second-order valence-electron chi connectivity index (χ2n) is 8.17. The molecule has 8 heteroatoms. The van der Waals surface area contributed by atoms with Crippen LogP contribution in [0, 0.1) is 0 Å². The monoisotopic (exact) mass is 413 g/mol. The third-order valence-electron chi connectivity index (χ3n) is 6.26. The van der Waals surface area contributed by atoms with Gasteiger partial charge < -0.3 is 9.64 Å². The van der Waals surface area contributed by atoms with E-state index < -0.39 is 6.04 Å². The van der Waals surface area contributed by atoms with E-state index in [0.717, 1.165) is 31.5 Å². The van der Waals surface area contributed by atoms with Gasteiger partial charge in [0.25, 0.3) is 5.91 Å². The molecule has 2 saturated heterocycles. The van der Waals surface area contributed by atoms with Gasteiger partial charge >= 0.3 is 5.97 Å². The maximum Gasteiger partial charge on any atom is 0.320 e. The first-order chi connectivity index (χ1) is 14.5. The van der Waals surface area contributed by atoms with E-state index in [4.69, 9.17) is 4.74 Å². The minimum Gasteiger partial charge on any atom is -0.465 e. The Morgan fingerprint density at radius 3 is 2.63 bits per heavy atom. The molecule has 1 aromatic carbocycles. The third kappa shape index (κ3) is 4.09. The van der Waals surface area contributed by atoms with Crippen LogP contribution in [0.5, 0.6) is 0 Å². The first kappa shape index (κ1) is 20.5. The molecule has 3 heterocycles. The number of carbonyl (C=O) groups is 4. The Labute approximate surface area is 175 Å². The highest BCUT2D eigenvalue weighted by Gasteiger charge is 2.39. The minimum absolute atomic E-state index is 0.143. The van der Waals surface area contributed by atoms with Crippen molar-refractivity contribution < 1.29 is 23.9 Å². The predicted octanol–water partition coefficient (Wildman–Crippen LogP) is 1.19. The number of hydrogen-bond donors (Lipinski definition) is 1. The molecular formula is C22H27N3O5. The highest BCUT2D eigenvalue weighted by atomic mass is 16.5. The summed E-state index contributed by atoms with van der Waals surface area (Å²) in [7, 11) is 0. The highest BCUT2D eigenvalue weighted by Crippen LogP contribution is 2.33. The summed E-state index contributed by atoms with van der Waals surface area (Å²) < 4.78 is 5.03. The van der Waals surface area contributed by atoms with Crippen LogP contribution in [0.4, 0.5) is 0 Å². The van der Waals surface area contributed by atoms with Gasteiger partial charge in [-0.15, -0.1) is 0 Å². The number of fused-ring (bicyclic) bond motifs is 1. The first-order valence-corrected chi connectivity index (χ1v) is 10.6. The van der Waals surface area contributed by atoms with Gasteiger partial charge in [-0.05, 0) is 62.4 Å². The molecule has 30 heavy (non-hydrogen) atoms. The molecule has 3 aliphatic rings. The van der Waals surface area contributed by atoms with Crippen molar-refractivity contribution in [2.24, 2.45) is 0 Å². The first-order valence-electron chi connectivity index (χ1n) is 10.6. The number of imide groups is 1. The second-order valence-corrected chi connectivity index (χ2v) is 8.17. The van der Waals surface area contributed by atoms with Gasteiger partial charge in [-0.1, -0.05) is 12.1 Å². The Balaban J connectivity index is 1.39. The lowest BCUT2D eigenvalue weighted by Crippen LogP contribution is -2.52. The molecule has 1 N–H and O–H groups in total. The van der Waals surface area contributed by atoms with Crippen LogP contribution in [0.1, 0.15) is 60.0 Å². The Bertz CT molecular complexity index is 876. The summed E-state index contributed by atoms with van der Waals surface area (Å²) >= 11 is 0. The van der Waals surface area contributed by atoms with Gasteiger partial charge in [0, 0.05) is 18.5 Å². The van der Waals surface area contributed by atoms with Crippen LogP contribution >= 0.6 is 0 Å². The van der Waals surface area contributed by atoms with Crippen molar-refractivity contribution in [1.29, 1.82) is 0 Å². The number of hydrogen-bond acceptors (Lipinski definition) is 6. The lowest BCUT2D eigenvalue weighted by Gasteiger charge is -2.31. The number of nitrogens with zero attached hydrogens (tertiary/aromatic N) is 2. The molecule has 0 spiro atoms. The van der Waals surface area contributed by atoms with Gasteiger partial charge in [0.1, 0.15) is 6.04 Å². The molecule has 3 amide bonds. The Hall–Kier alpha value is -2.74. The van der Waals surface area contributed by atoms with E-state index in [-0.39, 0.29) is 30.1 Å². The number of rotatable bonds is 5. The maximum absolute atomic E-state index is 12.8. The molecular weight excluding hydrogens is 386 g/mol. The van der Waals surface area contributed by atoms with Crippen LogP contribution in [0.2, 0.25) is 0 Å². The number of piperidine rings is 2. The predicted molar refractivity (Wildman–Crippen MR) is 108 cm³/mol. The van der Waals surface area contributed by atoms with E-state index in [1.54, 1.807) is 4.90 Å². The zero-order valence-electron chi connectivity index (χ0n) is 17.2. The molecule has 1 atom stereocenters. The minimum atomic E-state index is -0.586. The van der Waals surface area contributed by atoms with Crippen molar-refractivity contribution in [3.63, 3.8) is 0 Å². The van der Waals surface area contributed by atoms with E-state index in [0.29, 0.717) is 37.6 Å². The smallest absolute Gasteiger partial charge is 0.320 e. The van der Waals surface area contributed by atoms with Crippen LogP contribution in [0.3, 0.4) is 0 Å². The summed E-state index contributed by atoms with van der Waals surface area (Å²) in [5.41, 5.74) is 2.78. The molecule has 0 saturated carbocycles. The average Bonchev–Trinajstić information content (AvgIpc) is 3.04. The van der Waals surface area contributed by atoms with Gasteiger partial charge in [0.05, 0.1) is 13.2 Å². The maximum atomic E-state index is 12.8. The van der Waals surface area contributed by atoms with Crippen LogP contribution < -0.4 is 5.32 Å². The molecule has 160 valence electrons. The number of benzene rings is 1. The van der Waals surface area contributed by atoms with Crippen LogP contribution in [0.15, 0.2) is 18.2 Å². The number of likely N-dealkylation sites (tertiary alicyclic amines) is 1. The summed E-state index contributed by atoms with van der Waals surface area (Å²) in [4.78, 5) is 51.8. The Kier molecular flexibility index (Phi) is 5.85. The summed E-state index contributed by atoms with van der Waals surface area (Å²) in [6.07, 6.45) is 2.52. The molecule has 0 aliphatic carbocycles. The molecule has 1 aromatic rings. The molecule has 3 aliphatic heterocycles. The SMILES string of the molecule is CCOC(=O)CN1CCC(c2ccc3c(c2)CN(C2CCC(=O)NC2=O)C3=O)CC1. The van der Waals surface area contributed by atoms with Crippen molar-refractivity contribution in [3.8, 4) is 0 Å². The van der Waals surface area contributed by atoms with Gasteiger partial charge in [0.2, 0.25) is 11.8 Å². The fourth-order valence-corrected chi connectivity index (χ4v) is 4.66. The van der Waals surface area contributed by atoms with E-state index in [9.17, 15) is 19.2 Å². The fraction of sp³-hybridized carbons (Fsp3) is 0.545. The van der Waals surface area contributed by atoms with E-state index in [1.165, 1.54) is 5.56 Å². The average molecular weight is 413 g/mol. The Morgan fingerprint density at radius 1 is 1.17 bits per heavy atom. The van der Waals surface area contributed by atoms with Crippen molar-refractivity contribution in [1.82, 2.24) is 15.1 Å². The Morgan fingerprint density at radius 2 is 1.93 bits per heavy atom. The molecule has 4 rings (SSSR count). The van der Waals surface area contributed by atoms with Gasteiger partial charge in [0.15, 0.2) is 0 Å². The lowest BCUT2D eigenvalue weighted by atomic mass is 9.88. The van der Waals surface area contributed by atoms with Gasteiger partial charge in [-0.2, -0.15) is 0 Å². The second kappa shape index (κ2) is 8.55. The largest absolute Gasteiger partial charge is 0.465 e. The highest BCUT2D eigenvalue weighted by molar-refractivity contribution is 6.05. The number of carbonyl (C=O) groups excluding carboxylic acids is 4. The standard InChI is InChI=1S/C22H27N3O5/c1-2-30-20(27)13-24-9-7-14(8-10-24)15-3-4-17-16(11-15)12-25(22(17)29)18-5-6-19(26)23-21(18)28/h3-4,11,14,18H,2,5-10,12-13H2,1H3,(H,23,26,28). The molecule has 1 unspecified atom stereocenters. The normalized spacial score (nSPS) is 22.8. The van der Waals surface area contributed by atoms with Crippen molar-refractivity contribution in [2.75, 3.05) is 26.2 Å². The van der Waals surface area contributed by atoms with Crippen molar-refractivity contribution >= 4 is 23.7 Å². The molecule has 0 bridgehead atoms. The fourth-order valence-electron chi connectivity index (χ4n) is 4.66. The number of esters is 1. The summed E-state index contributed by atoms with van der Waals surface area (Å²) in [6.45, 7) is 4.61. The third-order valence-corrected chi connectivity index (χ3v) is 6.26. The van der Waals surface area contributed by atoms with E-state index >= 15 is 0 Å². The number of ether oxygens (including phenoxy) is 1. The topological polar surface area (TPSA) is 96.0 Å². The van der Waals surface area contributed by atoms with E-state index in [1.807, 2.05) is 19.1 Å². The van der Waals surface area contributed by atoms with Crippen LogP contribution in [0.25, 0.3) is 0 Å². The zero-order valence-corrected chi connectivity index (χ0v) is 17.2. The molecule has 0 radical (unpaired) electrons. The zero-order chi connectivity index (χ0) is 21.3. The van der Waals surface area contributed by atoms with Crippen LogP contribution in [-0.2, 0) is 25.7 Å². The molecule has 8 nitrogen and oxygen atoms in total.